The summed E-state index contributed by atoms with van der Waals surface area (Å²) in [5.74, 6) is 0.215. The van der Waals surface area contributed by atoms with Crippen LogP contribution in [-0.2, 0) is 4.79 Å². The molecule has 0 radical (unpaired) electrons. The fourth-order valence-electron chi connectivity index (χ4n) is 3.05. The van der Waals surface area contributed by atoms with Gasteiger partial charge in [0.15, 0.2) is 5.16 Å². The Kier molecular flexibility index (Phi) is 5.78. The lowest BCUT2D eigenvalue weighted by atomic mass is 10.2. The molecule has 8 heteroatoms. The van der Waals surface area contributed by atoms with E-state index in [2.05, 4.69) is 15.3 Å². The topological polar surface area (TPSA) is 101 Å². The van der Waals surface area contributed by atoms with E-state index in [1.54, 1.807) is 54.7 Å². The number of anilines is 1. The number of rotatable bonds is 5. The number of pyridine rings is 1. The summed E-state index contributed by atoms with van der Waals surface area (Å²) >= 11 is 1.15. The monoisotopic (exact) mass is 427 g/mol. The number of benzene rings is 2. The van der Waals surface area contributed by atoms with Crippen LogP contribution in [0.25, 0.3) is 16.7 Å². The van der Waals surface area contributed by atoms with Crippen molar-refractivity contribution in [3.8, 4) is 11.9 Å². The number of hydrogen-bond acceptors (Lipinski definition) is 6. The molecule has 0 saturated heterocycles. The van der Waals surface area contributed by atoms with Gasteiger partial charge in [-0.3, -0.25) is 9.59 Å². The van der Waals surface area contributed by atoms with Gasteiger partial charge in [-0.1, -0.05) is 30.0 Å². The van der Waals surface area contributed by atoms with Crippen molar-refractivity contribution in [1.82, 2.24) is 14.5 Å². The molecule has 0 aliphatic heterocycles. The summed E-state index contributed by atoms with van der Waals surface area (Å²) in [6.45, 7) is 1.92. The summed E-state index contributed by atoms with van der Waals surface area (Å²) in [5, 5.41) is 12.6. The Labute approximate surface area is 182 Å². The molecule has 0 bridgehead atoms. The Bertz CT molecular complexity index is 1390. The smallest absolute Gasteiger partial charge is 0.267 e. The average Bonchev–Trinajstić information content (AvgIpc) is 2.78. The second-order valence-corrected chi connectivity index (χ2v) is 7.72. The number of aromatic nitrogens is 3. The lowest BCUT2D eigenvalue weighted by Gasteiger charge is -2.13. The Morgan fingerprint density at radius 2 is 2.00 bits per heavy atom. The van der Waals surface area contributed by atoms with E-state index in [1.165, 1.54) is 4.57 Å². The number of aryl methyl sites for hydroxylation is 1. The number of thioether (sulfide) groups is 1. The summed E-state index contributed by atoms with van der Waals surface area (Å²) in [4.78, 5) is 34.6. The van der Waals surface area contributed by atoms with E-state index in [-0.39, 0.29) is 17.2 Å². The molecule has 31 heavy (non-hydrogen) atoms. The van der Waals surface area contributed by atoms with Crippen LogP contribution in [-0.4, -0.2) is 26.2 Å². The van der Waals surface area contributed by atoms with E-state index < -0.39 is 0 Å². The molecule has 0 saturated carbocycles. The van der Waals surface area contributed by atoms with E-state index in [0.29, 0.717) is 33.1 Å². The van der Waals surface area contributed by atoms with E-state index >= 15 is 0 Å². The lowest BCUT2D eigenvalue weighted by molar-refractivity contribution is -0.113. The van der Waals surface area contributed by atoms with Crippen molar-refractivity contribution in [3.63, 3.8) is 0 Å². The van der Waals surface area contributed by atoms with E-state index in [9.17, 15) is 9.59 Å². The van der Waals surface area contributed by atoms with Gasteiger partial charge in [0.25, 0.3) is 5.56 Å². The normalized spacial score (nSPS) is 10.6. The van der Waals surface area contributed by atoms with Crippen molar-refractivity contribution in [3.05, 3.63) is 88.3 Å². The molecular weight excluding hydrogens is 410 g/mol. The van der Waals surface area contributed by atoms with Crippen molar-refractivity contribution in [2.24, 2.45) is 0 Å². The first kappa shape index (κ1) is 20.3. The van der Waals surface area contributed by atoms with Gasteiger partial charge in [-0.25, -0.2) is 14.5 Å². The molecule has 1 N–H and O–H groups in total. The van der Waals surface area contributed by atoms with Gasteiger partial charge in [0, 0.05) is 11.9 Å². The Morgan fingerprint density at radius 3 is 2.81 bits per heavy atom. The molecule has 1 amide bonds. The summed E-state index contributed by atoms with van der Waals surface area (Å²) in [6, 6.07) is 19.5. The van der Waals surface area contributed by atoms with Crippen molar-refractivity contribution in [2.75, 3.05) is 11.1 Å². The fraction of sp³-hybridized carbons (Fsp3) is 0.0870. The molecule has 0 fully saturated rings. The Balaban J connectivity index is 1.66. The fourth-order valence-corrected chi connectivity index (χ4v) is 3.85. The summed E-state index contributed by atoms with van der Waals surface area (Å²) < 4.78 is 1.43. The van der Waals surface area contributed by atoms with Crippen molar-refractivity contribution in [2.45, 2.75) is 12.1 Å². The quantitative estimate of drug-likeness (QED) is 0.385. The van der Waals surface area contributed by atoms with Crippen LogP contribution in [0.4, 0.5) is 5.69 Å². The first-order chi connectivity index (χ1) is 15.0. The molecule has 2 aromatic heterocycles. The molecule has 0 spiro atoms. The van der Waals surface area contributed by atoms with Crippen LogP contribution in [0.3, 0.4) is 0 Å². The van der Waals surface area contributed by atoms with Crippen LogP contribution in [0.15, 0.2) is 76.8 Å². The number of nitriles is 1. The highest BCUT2D eigenvalue weighted by atomic mass is 32.2. The number of fused-ring (bicyclic) bond motifs is 1. The second-order valence-electron chi connectivity index (χ2n) is 6.77. The van der Waals surface area contributed by atoms with Crippen LogP contribution in [0.5, 0.6) is 0 Å². The minimum absolute atomic E-state index is 0.0351. The molecule has 7 nitrogen and oxygen atoms in total. The third kappa shape index (κ3) is 4.47. The minimum Gasteiger partial charge on any atom is -0.325 e. The first-order valence-electron chi connectivity index (χ1n) is 9.43. The molecule has 0 unspecified atom stereocenters. The highest BCUT2D eigenvalue weighted by molar-refractivity contribution is 7.99. The minimum atomic E-state index is -0.272. The van der Waals surface area contributed by atoms with Crippen LogP contribution in [0, 0.1) is 18.3 Å². The van der Waals surface area contributed by atoms with Crippen LogP contribution in [0.2, 0.25) is 0 Å². The molecule has 4 aromatic rings. The lowest BCUT2D eigenvalue weighted by Crippen LogP contribution is -2.23. The van der Waals surface area contributed by atoms with Crippen LogP contribution in [0.1, 0.15) is 11.1 Å². The number of para-hydroxylation sites is 1. The second kappa shape index (κ2) is 8.81. The van der Waals surface area contributed by atoms with Gasteiger partial charge in [-0.15, -0.1) is 0 Å². The standard InChI is InChI=1S/C23H17N5O2S/c1-15-9-10-25-20(11-15)28-22(30)18-7-2-3-8-19(18)27-23(28)31-14-21(29)26-17-6-4-5-16(12-17)13-24/h2-12H,14H2,1H3,(H,26,29). The van der Waals surface area contributed by atoms with E-state index in [1.807, 2.05) is 25.1 Å². The van der Waals surface area contributed by atoms with Gasteiger partial charge in [0.1, 0.15) is 5.82 Å². The summed E-state index contributed by atoms with van der Waals surface area (Å²) in [6.07, 6.45) is 1.63. The molecule has 0 atom stereocenters. The number of amides is 1. The van der Waals surface area contributed by atoms with E-state index in [4.69, 9.17) is 5.26 Å². The third-order valence-electron chi connectivity index (χ3n) is 4.48. The van der Waals surface area contributed by atoms with Gasteiger partial charge >= 0.3 is 0 Å². The van der Waals surface area contributed by atoms with Crippen molar-refractivity contribution in [1.29, 1.82) is 5.26 Å². The number of carbonyl (C=O) groups is 1. The predicted molar refractivity (Wildman–Crippen MR) is 120 cm³/mol. The maximum absolute atomic E-state index is 13.2. The van der Waals surface area contributed by atoms with Gasteiger partial charge in [0.05, 0.1) is 28.3 Å². The molecule has 2 heterocycles. The van der Waals surface area contributed by atoms with Gasteiger partial charge in [-0.05, 0) is 55.0 Å². The van der Waals surface area contributed by atoms with Crippen LogP contribution >= 0.6 is 11.8 Å². The SMILES string of the molecule is Cc1ccnc(-n2c(SCC(=O)Nc3cccc(C#N)c3)nc3ccccc3c2=O)c1. The first-order valence-corrected chi connectivity index (χ1v) is 10.4. The van der Waals surface area contributed by atoms with E-state index in [0.717, 1.165) is 17.3 Å². The molecule has 2 aromatic carbocycles. The molecule has 0 aliphatic carbocycles. The van der Waals surface area contributed by atoms with Crippen molar-refractivity contribution < 1.29 is 4.79 Å². The average molecular weight is 427 g/mol. The largest absolute Gasteiger partial charge is 0.325 e. The highest BCUT2D eigenvalue weighted by Gasteiger charge is 2.16. The molecule has 152 valence electrons. The summed E-state index contributed by atoms with van der Waals surface area (Å²) in [5.41, 5.74) is 2.26. The van der Waals surface area contributed by atoms with Crippen molar-refractivity contribution >= 4 is 34.3 Å². The van der Waals surface area contributed by atoms with Gasteiger partial charge in [0.2, 0.25) is 5.91 Å². The van der Waals surface area contributed by atoms with Crippen LogP contribution < -0.4 is 10.9 Å². The molecule has 4 rings (SSSR count). The Hall–Kier alpha value is -3.96. The highest BCUT2D eigenvalue weighted by Crippen LogP contribution is 2.21. The number of nitrogens with zero attached hydrogens (tertiary/aromatic N) is 4. The summed E-state index contributed by atoms with van der Waals surface area (Å²) in [7, 11) is 0. The number of nitrogens with one attached hydrogen (secondary N) is 1. The maximum atomic E-state index is 13.2. The zero-order valence-corrected chi connectivity index (χ0v) is 17.4. The zero-order chi connectivity index (χ0) is 21.8. The zero-order valence-electron chi connectivity index (χ0n) is 16.6. The number of carbonyl (C=O) groups excluding carboxylic acids is 1. The molecular formula is C23H17N5O2S. The Morgan fingerprint density at radius 1 is 1.16 bits per heavy atom. The molecule has 0 aliphatic rings. The third-order valence-corrected chi connectivity index (χ3v) is 5.42. The van der Waals surface area contributed by atoms with Gasteiger partial charge < -0.3 is 5.32 Å². The predicted octanol–water partition coefficient (Wildman–Crippen LogP) is 3.69. The number of hydrogen-bond donors (Lipinski definition) is 1. The maximum Gasteiger partial charge on any atom is 0.267 e. The van der Waals surface area contributed by atoms with Gasteiger partial charge in [-0.2, -0.15) is 5.26 Å².